The quantitative estimate of drug-likeness (QED) is 0.0913. The molecule has 7 heteroatoms. The molecule has 4 N–H and O–H groups in total. The Labute approximate surface area is 348 Å². The summed E-state index contributed by atoms with van der Waals surface area (Å²) in [5.41, 5.74) is 24.5. The third kappa shape index (κ3) is 6.70. The van der Waals surface area contributed by atoms with Crippen molar-refractivity contribution >= 4 is 61.1 Å². The molecule has 0 radical (unpaired) electrons. The molecule has 0 saturated carbocycles. The number of benzene rings is 7. The second kappa shape index (κ2) is 15.6. The molecule has 7 aromatic carbocycles. The molecule has 1 atom stereocenters. The third-order valence-corrected chi connectivity index (χ3v) is 11.5. The van der Waals surface area contributed by atoms with Crippen LogP contribution in [0.4, 0.5) is 5.69 Å². The van der Waals surface area contributed by atoms with Gasteiger partial charge in [-0.15, -0.1) is 0 Å². The highest BCUT2D eigenvalue weighted by Gasteiger charge is 2.25. The Hall–Kier alpha value is -7.64. The van der Waals surface area contributed by atoms with Crippen LogP contribution in [0.5, 0.6) is 5.75 Å². The fraction of sp³-hybridized carbons (Fsp3) is 0.0943. The molecule has 0 aliphatic heterocycles. The highest BCUT2D eigenvalue weighted by Crippen LogP contribution is 2.43. The third-order valence-electron chi connectivity index (χ3n) is 11.5. The lowest BCUT2D eigenvalue weighted by Gasteiger charge is -2.15. The number of allylic oxidation sites excluding steroid dienone is 2. The first-order chi connectivity index (χ1) is 29.5. The van der Waals surface area contributed by atoms with E-state index in [-0.39, 0.29) is 0 Å². The SMILES string of the molecule is CC1C=CC(COc2c(N)ccc3c2c2cccc(-n4c5ccccc5c5ccccc54)c2n3C(=NCc2ccc(-c3ccccc3)cc2)/N=C(\N)c2ccccc2)=CC1. The van der Waals surface area contributed by atoms with Gasteiger partial charge in [0.1, 0.15) is 12.4 Å². The number of anilines is 1. The first kappa shape index (κ1) is 36.7. The molecule has 2 heterocycles. The van der Waals surface area contributed by atoms with Gasteiger partial charge in [-0.05, 0) is 64.9 Å². The van der Waals surface area contributed by atoms with E-state index in [4.69, 9.17) is 26.2 Å². The van der Waals surface area contributed by atoms with Gasteiger partial charge in [0.2, 0.25) is 5.96 Å². The molecule has 0 spiro atoms. The number of para-hydroxylation sites is 3. The first-order valence-electron chi connectivity index (χ1n) is 20.4. The van der Waals surface area contributed by atoms with Crippen LogP contribution in [-0.2, 0) is 6.54 Å². The number of aromatic nitrogens is 2. The summed E-state index contributed by atoms with van der Waals surface area (Å²) < 4.78 is 11.2. The number of ether oxygens (including phenoxy) is 1. The Morgan fingerprint density at radius 2 is 1.33 bits per heavy atom. The molecule has 0 bridgehead atoms. The molecule has 60 heavy (non-hydrogen) atoms. The minimum Gasteiger partial charge on any atom is -0.486 e. The summed E-state index contributed by atoms with van der Waals surface area (Å²) in [6.45, 7) is 2.98. The first-order valence-corrected chi connectivity index (χ1v) is 20.4. The smallest absolute Gasteiger partial charge is 0.232 e. The van der Waals surface area contributed by atoms with Gasteiger partial charge in [-0.1, -0.05) is 159 Å². The minimum absolute atomic E-state index is 0.357. The van der Waals surface area contributed by atoms with Gasteiger partial charge in [0.15, 0.2) is 5.75 Å². The Balaban J connectivity index is 1.23. The van der Waals surface area contributed by atoms with Crippen molar-refractivity contribution in [3.8, 4) is 22.6 Å². The zero-order chi connectivity index (χ0) is 40.6. The van der Waals surface area contributed by atoms with E-state index in [1.165, 1.54) is 16.3 Å². The summed E-state index contributed by atoms with van der Waals surface area (Å²) in [5.74, 6) is 1.93. The maximum absolute atomic E-state index is 6.91. The van der Waals surface area contributed by atoms with Crippen LogP contribution in [0.1, 0.15) is 24.5 Å². The second-order valence-corrected chi connectivity index (χ2v) is 15.4. The van der Waals surface area contributed by atoms with Crippen LogP contribution in [0.3, 0.4) is 0 Å². The number of hydrogen-bond donors (Lipinski definition) is 2. The molecule has 0 saturated heterocycles. The van der Waals surface area contributed by atoms with Gasteiger partial charge in [-0.25, -0.2) is 4.99 Å². The average molecular weight is 781 g/mol. The summed E-state index contributed by atoms with van der Waals surface area (Å²) in [4.78, 5) is 10.5. The van der Waals surface area contributed by atoms with Crippen LogP contribution >= 0.6 is 0 Å². The Morgan fingerprint density at radius 1 is 0.683 bits per heavy atom. The van der Waals surface area contributed by atoms with Crippen molar-refractivity contribution in [2.24, 2.45) is 21.6 Å². The molecule has 1 unspecified atom stereocenters. The minimum atomic E-state index is 0.357. The summed E-state index contributed by atoms with van der Waals surface area (Å²) in [6.07, 6.45) is 7.63. The lowest BCUT2D eigenvalue weighted by Crippen LogP contribution is -2.20. The molecular formula is C53H44N6O. The van der Waals surface area contributed by atoms with E-state index in [0.29, 0.717) is 42.3 Å². The highest BCUT2D eigenvalue weighted by molar-refractivity contribution is 6.21. The number of nitrogens with two attached hydrogens (primary N) is 2. The van der Waals surface area contributed by atoms with E-state index < -0.39 is 0 Å². The van der Waals surface area contributed by atoms with E-state index in [2.05, 4.69) is 150 Å². The summed E-state index contributed by atoms with van der Waals surface area (Å²) in [7, 11) is 0. The van der Waals surface area contributed by atoms with Gasteiger partial charge in [-0.3, -0.25) is 4.57 Å². The van der Waals surface area contributed by atoms with Crippen molar-refractivity contribution in [1.29, 1.82) is 0 Å². The van der Waals surface area contributed by atoms with Gasteiger partial charge < -0.3 is 20.8 Å². The zero-order valence-electron chi connectivity index (χ0n) is 33.4. The molecule has 1 aliphatic carbocycles. The molecule has 2 aromatic heterocycles. The van der Waals surface area contributed by atoms with Crippen LogP contribution in [0.15, 0.2) is 198 Å². The monoisotopic (exact) mass is 780 g/mol. The highest BCUT2D eigenvalue weighted by atomic mass is 16.5. The number of nitrogen functional groups attached to an aromatic ring is 1. The number of amidine groups is 1. The average Bonchev–Trinajstić information content (AvgIpc) is 3.82. The Morgan fingerprint density at radius 3 is 2.03 bits per heavy atom. The number of aliphatic imine (C=N–C) groups is 2. The van der Waals surface area contributed by atoms with E-state index in [1.54, 1.807) is 0 Å². The molecule has 7 nitrogen and oxygen atoms in total. The van der Waals surface area contributed by atoms with Gasteiger partial charge in [0.05, 0.1) is 45.4 Å². The number of hydrogen-bond acceptors (Lipinski definition) is 3. The maximum Gasteiger partial charge on any atom is 0.232 e. The molecule has 9 aromatic rings. The summed E-state index contributed by atoms with van der Waals surface area (Å²) >= 11 is 0. The molecule has 292 valence electrons. The second-order valence-electron chi connectivity index (χ2n) is 15.4. The van der Waals surface area contributed by atoms with Crippen molar-refractivity contribution < 1.29 is 4.74 Å². The number of nitrogens with zero attached hydrogens (tertiary/aromatic N) is 4. The maximum atomic E-state index is 6.91. The van der Waals surface area contributed by atoms with Crippen molar-refractivity contribution in [3.05, 3.63) is 199 Å². The van der Waals surface area contributed by atoms with Gasteiger partial charge in [-0.2, -0.15) is 4.99 Å². The van der Waals surface area contributed by atoms with Crippen LogP contribution in [0, 0.1) is 5.92 Å². The van der Waals surface area contributed by atoms with E-state index >= 15 is 0 Å². The Kier molecular flexibility index (Phi) is 9.54. The zero-order valence-corrected chi connectivity index (χ0v) is 33.4. The van der Waals surface area contributed by atoms with Crippen LogP contribution in [-0.4, -0.2) is 27.5 Å². The van der Waals surface area contributed by atoms with Gasteiger partial charge >= 0.3 is 0 Å². The molecular weight excluding hydrogens is 737 g/mol. The lowest BCUT2D eigenvalue weighted by molar-refractivity contribution is 0.360. The topological polar surface area (TPSA) is 95.8 Å². The molecule has 10 rings (SSSR count). The predicted molar refractivity (Wildman–Crippen MR) is 250 cm³/mol. The van der Waals surface area contributed by atoms with E-state index in [1.807, 2.05) is 48.5 Å². The predicted octanol–water partition coefficient (Wildman–Crippen LogP) is 11.9. The van der Waals surface area contributed by atoms with Crippen molar-refractivity contribution in [2.45, 2.75) is 19.9 Å². The standard InChI is InChI=1S/C53H44N6O/c1-35-23-25-37(26-24-35)34-60-51-44(54)31-32-47-49(51)43-19-12-22-48(58-45-20-10-8-17-41(45)42-18-9-11-21-46(42)58)50(43)59(47)53(57-52(55)40-15-6-3-7-16-40)56-33-36-27-29-39(30-28-36)38-13-4-2-5-14-38/h2-23,25-32,35H,24,33-34,54H2,1H3,(H2,55,56,57). The number of fused-ring (bicyclic) bond motifs is 6. The van der Waals surface area contributed by atoms with E-state index in [9.17, 15) is 0 Å². The Bertz CT molecular complexity index is 3120. The summed E-state index contributed by atoms with van der Waals surface area (Å²) in [6, 6.07) is 56.3. The van der Waals surface area contributed by atoms with Crippen molar-refractivity contribution in [3.63, 3.8) is 0 Å². The van der Waals surface area contributed by atoms with E-state index in [0.717, 1.165) is 67.2 Å². The van der Waals surface area contributed by atoms with Crippen LogP contribution in [0.2, 0.25) is 0 Å². The van der Waals surface area contributed by atoms with Gasteiger partial charge in [0, 0.05) is 21.7 Å². The summed E-state index contributed by atoms with van der Waals surface area (Å²) in [5, 5.41) is 4.18. The molecule has 1 aliphatic rings. The normalized spacial score (nSPS) is 14.7. The van der Waals surface area contributed by atoms with Gasteiger partial charge in [0.25, 0.3) is 0 Å². The van der Waals surface area contributed by atoms with Crippen molar-refractivity contribution in [1.82, 2.24) is 9.13 Å². The van der Waals surface area contributed by atoms with Crippen molar-refractivity contribution in [2.75, 3.05) is 12.3 Å². The number of rotatable bonds is 8. The van der Waals surface area contributed by atoms with Crippen LogP contribution < -0.4 is 16.2 Å². The fourth-order valence-electron chi connectivity index (χ4n) is 8.42. The largest absolute Gasteiger partial charge is 0.486 e. The lowest BCUT2D eigenvalue weighted by atomic mass is 9.99. The fourth-order valence-corrected chi connectivity index (χ4v) is 8.42. The molecule has 0 fully saturated rings. The molecule has 0 amide bonds. The van der Waals surface area contributed by atoms with Crippen LogP contribution in [0.25, 0.3) is 60.4 Å².